The smallest absolute Gasteiger partial charge is 0.337 e. The molecule has 0 heterocycles. The van der Waals surface area contributed by atoms with E-state index in [4.69, 9.17) is 9.47 Å². The van der Waals surface area contributed by atoms with Crippen molar-refractivity contribution in [3.63, 3.8) is 0 Å². The lowest BCUT2D eigenvalue weighted by Crippen LogP contribution is -2.52. The minimum Gasteiger partial charge on any atom is -0.465 e. The Hall–Kier alpha value is -3.68. The molecule has 0 bridgehead atoms. The van der Waals surface area contributed by atoms with Gasteiger partial charge in [-0.1, -0.05) is 43.2 Å². The molecule has 3 aromatic rings. The molecule has 0 unspecified atom stereocenters. The highest BCUT2D eigenvalue weighted by molar-refractivity contribution is 5.92. The highest BCUT2D eigenvalue weighted by Gasteiger charge is 2.32. The topological polar surface area (TPSA) is 71.1 Å². The Bertz CT molecular complexity index is 1180. The number of hydrogen-bond acceptors (Lipinski definition) is 6. The number of ether oxygens (including phenoxy) is 2. The zero-order chi connectivity index (χ0) is 26.9. The van der Waals surface area contributed by atoms with E-state index in [9.17, 15) is 9.59 Å². The molecule has 4 rings (SSSR count). The second kappa shape index (κ2) is 13.2. The molecule has 2 atom stereocenters. The summed E-state index contributed by atoms with van der Waals surface area (Å²) in [6, 6.07) is 25.3. The van der Waals surface area contributed by atoms with Crippen LogP contribution < -0.4 is 10.1 Å². The lowest BCUT2D eigenvalue weighted by Gasteiger charge is -2.42. The molecule has 3 aromatic carbocycles. The van der Waals surface area contributed by atoms with Crippen LogP contribution in [-0.4, -0.2) is 61.5 Å². The minimum atomic E-state index is -0.325. The van der Waals surface area contributed by atoms with Gasteiger partial charge in [-0.15, -0.1) is 0 Å². The van der Waals surface area contributed by atoms with Gasteiger partial charge in [0.15, 0.2) is 0 Å². The summed E-state index contributed by atoms with van der Waals surface area (Å²) in [5.41, 5.74) is 2.44. The molecule has 7 heteroatoms. The standard InChI is InChI=1S/C31H37N3O4/c1-33(21-23-13-15-24(16-14-23)31(36)37-3)28-11-7-8-12-29(28)34(2)22-30(35)32-25-17-19-27(20-18-25)38-26-9-5-4-6-10-26/h4-6,9-10,13-20,28-29H,7-8,11-12,21-22H2,1-3H3,(H,32,35)/t28-,29-/m0/s1. The van der Waals surface area contributed by atoms with Gasteiger partial charge < -0.3 is 14.8 Å². The number of methoxy groups -OCH3 is 1. The zero-order valence-corrected chi connectivity index (χ0v) is 22.4. The van der Waals surface area contributed by atoms with Crippen LogP contribution in [0.5, 0.6) is 11.5 Å². The molecule has 7 nitrogen and oxygen atoms in total. The maximum atomic E-state index is 12.9. The molecule has 38 heavy (non-hydrogen) atoms. The predicted octanol–water partition coefficient (Wildman–Crippen LogP) is 5.58. The molecular formula is C31H37N3O4. The van der Waals surface area contributed by atoms with Crippen molar-refractivity contribution in [2.75, 3.05) is 33.1 Å². The minimum absolute atomic E-state index is 0.0328. The van der Waals surface area contributed by atoms with Crippen LogP contribution in [0, 0.1) is 0 Å². The van der Waals surface area contributed by atoms with Crippen LogP contribution in [0.1, 0.15) is 41.6 Å². The summed E-state index contributed by atoms with van der Waals surface area (Å²) < 4.78 is 10.6. The van der Waals surface area contributed by atoms with Gasteiger partial charge in [0.25, 0.3) is 0 Å². The van der Waals surface area contributed by atoms with Crippen molar-refractivity contribution < 1.29 is 19.1 Å². The third-order valence-corrected chi connectivity index (χ3v) is 7.14. The van der Waals surface area contributed by atoms with E-state index in [0.29, 0.717) is 18.2 Å². The van der Waals surface area contributed by atoms with Gasteiger partial charge in [0, 0.05) is 24.3 Å². The average Bonchev–Trinajstić information content (AvgIpc) is 2.94. The molecule has 1 saturated carbocycles. The number of rotatable bonds is 10. The van der Waals surface area contributed by atoms with Crippen LogP contribution in [0.4, 0.5) is 5.69 Å². The molecular weight excluding hydrogens is 478 g/mol. The molecule has 0 aromatic heterocycles. The number of anilines is 1. The zero-order valence-electron chi connectivity index (χ0n) is 22.4. The van der Waals surface area contributed by atoms with Crippen molar-refractivity contribution >= 4 is 17.6 Å². The predicted molar refractivity (Wildman–Crippen MR) is 150 cm³/mol. The maximum absolute atomic E-state index is 12.9. The Morgan fingerprint density at radius 2 is 1.42 bits per heavy atom. The number of carbonyl (C=O) groups is 2. The van der Waals surface area contributed by atoms with E-state index < -0.39 is 0 Å². The van der Waals surface area contributed by atoms with E-state index in [1.807, 2.05) is 85.9 Å². The monoisotopic (exact) mass is 515 g/mol. The number of nitrogens with zero attached hydrogens (tertiary/aromatic N) is 2. The number of carbonyl (C=O) groups excluding carboxylic acids is 2. The van der Waals surface area contributed by atoms with E-state index in [-0.39, 0.29) is 17.9 Å². The van der Waals surface area contributed by atoms with Crippen molar-refractivity contribution in [2.24, 2.45) is 0 Å². The summed E-state index contributed by atoms with van der Waals surface area (Å²) in [5.74, 6) is 1.14. The number of nitrogens with one attached hydrogen (secondary N) is 1. The first-order valence-electron chi connectivity index (χ1n) is 13.1. The number of esters is 1. The van der Waals surface area contributed by atoms with Gasteiger partial charge in [-0.25, -0.2) is 4.79 Å². The van der Waals surface area contributed by atoms with Crippen LogP contribution >= 0.6 is 0 Å². The third kappa shape index (κ3) is 7.43. The summed E-state index contributed by atoms with van der Waals surface area (Å²) in [6.07, 6.45) is 4.50. The molecule has 1 aliphatic rings. The van der Waals surface area contributed by atoms with Crippen molar-refractivity contribution in [1.29, 1.82) is 0 Å². The number of hydrogen-bond donors (Lipinski definition) is 1. The van der Waals surface area contributed by atoms with E-state index in [2.05, 4.69) is 22.2 Å². The first-order chi connectivity index (χ1) is 18.4. The van der Waals surface area contributed by atoms with Crippen LogP contribution in [0.15, 0.2) is 78.9 Å². The quantitative estimate of drug-likeness (QED) is 0.356. The summed E-state index contributed by atoms with van der Waals surface area (Å²) in [4.78, 5) is 29.2. The summed E-state index contributed by atoms with van der Waals surface area (Å²) in [6.45, 7) is 1.10. The van der Waals surface area contributed by atoms with Crippen LogP contribution in [0.2, 0.25) is 0 Å². The molecule has 1 aliphatic carbocycles. The van der Waals surface area contributed by atoms with Gasteiger partial charge in [0.1, 0.15) is 11.5 Å². The van der Waals surface area contributed by atoms with Crippen molar-refractivity contribution in [3.8, 4) is 11.5 Å². The summed E-state index contributed by atoms with van der Waals surface area (Å²) in [7, 11) is 5.57. The van der Waals surface area contributed by atoms with Crippen LogP contribution in [0.25, 0.3) is 0 Å². The maximum Gasteiger partial charge on any atom is 0.337 e. The molecule has 0 saturated heterocycles. The Morgan fingerprint density at radius 3 is 2.05 bits per heavy atom. The number of benzene rings is 3. The lowest BCUT2D eigenvalue weighted by molar-refractivity contribution is -0.118. The van der Waals surface area contributed by atoms with E-state index in [1.165, 1.54) is 13.5 Å². The molecule has 0 aliphatic heterocycles. The normalized spacial score (nSPS) is 17.3. The van der Waals surface area contributed by atoms with Gasteiger partial charge in [-0.3, -0.25) is 14.6 Å². The molecule has 0 radical (unpaired) electrons. The first kappa shape index (κ1) is 27.4. The number of amides is 1. The SMILES string of the molecule is COC(=O)c1ccc(CN(C)[C@H]2CCCC[C@@H]2N(C)CC(=O)Nc2ccc(Oc3ccccc3)cc2)cc1. The van der Waals surface area contributed by atoms with Gasteiger partial charge in [0.05, 0.1) is 19.2 Å². The average molecular weight is 516 g/mol. The molecule has 200 valence electrons. The highest BCUT2D eigenvalue weighted by Crippen LogP contribution is 2.27. The Kier molecular flexibility index (Phi) is 9.51. The lowest BCUT2D eigenvalue weighted by atomic mass is 9.88. The van der Waals surface area contributed by atoms with Gasteiger partial charge in [-0.2, -0.15) is 0 Å². The van der Waals surface area contributed by atoms with Crippen molar-refractivity contribution in [1.82, 2.24) is 9.80 Å². The summed E-state index contributed by atoms with van der Waals surface area (Å²) >= 11 is 0. The molecule has 1 N–H and O–H groups in total. The fourth-order valence-electron chi connectivity index (χ4n) is 5.16. The van der Waals surface area contributed by atoms with E-state index >= 15 is 0 Å². The number of para-hydroxylation sites is 1. The van der Waals surface area contributed by atoms with E-state index in [0.717, 1.165) is 48.6 Å². The van der Waals surface area contributed by atoms with Gasteiger partial charge >= 0.3 is 5.97 Å². The fraction of sp³-hybridized carbons (Fsp3) is 0.355. The second-order valence-corrected chi connectivity index (χ2v) is 9.93. The Labute approximate surface area is 225 Å². The molecule has 1 fully saturated rings. The van der Waals surface area contributed by atoms with Gasteiger partial charge in [-0.05, 0) is 81.0 Å². The molecule has 1 amide bonds. The Morgan fingerprint density at radius 1 is 0.816 bits per heavy atom. The number of likely N-dealkylation sites (N-methyl/N-ethyl adjacent to an activating group) is 2. The van der Waals surface area contributed by atoms with Crippen molar-refractivity contribution in [2.45, 2.75) is 44.3 Å². The largest absolute Gasteiger partial charge is 0.465 e. The highest BCUT2D eigenvalue weighted by atomic mass is 16.5. The van der Waals surface area contributed by atoms with Crippen LogP contribution in [0.3, 0.4) is 0 Å². The fourth-order valence-corrected chi connectivity index (χ4v) is 5.16. The Balaban J connectivity index is 1.31. The van der Waals surface area contributed by atoms with Gasteiger partial charge in [0.2, 0.25) is 5.91 Å². The second-order valence-electron chi connectivity index (χ2n) is 9.93. The first-order valence-corrected chi connectivity index (χ1v) is 13.1. The third-order valence-electron chi connectivity index (χ3n) is 7.14. The van der Waals surface area contributed by atoms with Crippen molar-refractivity contribution in [3.05, 3.63) is 90.0 Å². The summed E-state index contributed by atoms with van der Waals surface area (Å²) in [5, 5.41) is 3.02. The van der Waals surface area contributed by atoms with Crippen LogP contribution in [-0.2, 0) is 16.1 Å². The van der Waals surface area contributed by atoms with E-state index in [1.54, 1.807) is 0 Å². The molecule has 0 spiro atoms.